The van der Waals surface area contributed by atoms with Crippen LogP contribution in [0.25, 0.3) is 11.1 Å². The molecular formula is C12H12N2O. The second-order valence-electron chi connectivity index (χ2n) is 3.58. The molecule has 0 saturated heterocycles. The molecule has 0 bridgehead atoms. The van der Waals surface area contributed by atoms with Crippen molar-refractivity contribution >= 4 is 0 Å². The molecule has 76 valence electrons. The molecule has 0 aliphatic carbocycles. The number of aromatic amines is 1. The van der Waals surface area contributed by atoms with Gasteiger partial charge in [0.15, 0.2) is 0 Å². The number of benzene rings is 1. The molecule has 0 saturated carbocycles. The quantitative estimate of drug-likeness (QED) is 0.765. The summed E-state index contributed by atoms with van der Waals surface area (Å²) < 4.78 is 0. The molecule has 1 aromatic heterocycles. The molecular weight excluding hydrogens is 188 g/mol. The van der Waals surface area contributed by atoms with Gasteiger partial charge < -0.3 is 0 Å². The molecule has 3 nitrogen and oxygen atoms in total. The van der Waals surface area contributed by atoms with Gasteiger partial charge in [0, 0.05) is 11.6 Å². The Bertz CT molecular complexity index is 543. The fourth-order valence-electron chi connectivity index (χ4n) is 1.59. The minimum Gasteiger partial charge on any atom is -0.268 e. The molecule has 15 heavy (non-hydrogen) atoms. The highest BCUT2D eigenvalue weighted by atomic mass is 16.1. The van der Waals surface area contributed by atoms with E-state index in [1.54, 1.807) is 12.3 Å². The summed E-state index contributed by atoms with van der Waals surface area (Å²) in [6, 6.07) is 7.60. The molecule has 1 aromatic carbocycles. The summed E-state index contributed by atoms with van der Waals surface area (Å²) in [5.74, 6) is 0. The van der Waals surface area contributed by atoms with Gasteiger partial charge in [-0.25, -0.2) is 5.10 Å². The molecule has 0 aliphatic heterocycles. The molecule has 0 radical (unpaired) electrons. The molecule has 1 N–H and O–H groups in total. The van der Waals surface area contributed by atoms with E-state index < -0.39 is 0 Å². The zero-order valence-corrected chi connectivity index (χ0v) is 8.74. The highest BCUT2D eigenvalue weighted by Gasteiger charge is 2.03. The van der Waals surface area contributed by atoms with Gasteiger partial charge in [-0.05, 0) is 30.5 Å². The van der Waals surface area contributed by atoms with E-state index in [0.29, 0.717) is 0 Å². The molecule has 2 aromatic rings. The number of aryl methyl sites for hydroxylation is 1. The lowest BCUT2D eigenvalue weighted by molar-refractivity contribution is 0.990. The zero-order valence-electron chi connectivity index (χ0n) is 8.74. The predicted octanol–water partition coefficient (Wildman–Crippen LogP) is 2.05. The molecule has 0 amide bonds. The maximum Gasteiger partial charge on any atom is 0.264 e. The van der Waals surface area contributed by atoms with E-state index in [0.717, 1.165) is 11.1 Å². The van der Waals surface area contributed by atoms with Crippen LogP contribution in [0.15, 0.2) is 35.3 Å². The Labute approximate surface area is 87.8 Å². The molecule has 0 fully saturated rings. The van der Waals surface area contributed by atoms with Crippen LogP contribution in [0.3, 0.4) is 0 Å². The Morgan fingerprint density at radius 1 is 1.27 bits per heavy atom. The van der Waals surface area contributed by atoms with Crippen molar-refractivity contribution in [2.75, 3.05) is 0 Å². The van der Waals surface area contributed by atoms with Gasteiger partial charge >= 0.3 is 0 Å². The van der Waals surface area contributed by atoms with Crippen LogP contribution in [-0.4, -0.2) is 10.2 Å². The number of nitrogens with zero attached hydrogens (tertiary/aromatic N) is 1. The van der Waals surface area contributed by atoms with E-state index in [1.165, 1.54) is 11.1 Å². The maximum atomic E-state index is 11.1. The topological polar surface area (TPSA) is 45.8 Å². The lowest BCUT2D eigenvalue weighted by Gasteiger charge is -2.07. The summed E-state index contributed by atoms with van der Waals surface area (Å²) in [5, 5.41) is 6.16. The van der Waals surface area contributed by atoms with Gasteiger partial charge in [0.05, 0.1) is 6.20 Å². The Morgan fingerprint density at radius 3 is 2.80 bits per heavy atom. The van der Waals surface area contributed by atoms with Crippen LogP contribution in [0.1, 0.15) is 11.1 Å². The van der Waals surface area contributed by atoms with E-state index in [2.05, 4.69) is 23.2 Å². The van der Waals surface area contributed by atoms with Gasteiger partial charge in [-0.15, -0.1) is 0 Å². The molecule has 0 atom stereocenters. The third-order valence-electron chi connectivity index (χ3n) is 2.58. The van der Waals surface area contributed by atoms with Gasteiger partial charge in [0.2, 0.25) is 0 Å². The Morgan fingerprint density at radius 2 is 2.07 bits per heavy atom. The van der Waals surface area contributed by atoms with Crippen molar-refractivity contribution in [2.24, 2.45) is 0 Å². The summed E-state index contributed by atoms with van der Waals surface area (Å²) in [6.45, 7) is 4.10. The number of nitrogens with one attached hydrogen (secondary N) is 1. The zero-order chi connectivity index (χ0) is 10.8. The van der Waals surface area contributed by atoms with Crippen molar-refractivity contribution in [2.45, 2.75) is 13.8 Å². The molecule has 3 heteroatoms. The van der Waals surface area contributed by atoms with Crippen molar-refractivity contribution in [3.05, 3.63) is 51.9 Å². The van der Waals surface area contributed by atoms with Crippen LogP contribution in [0.4, 0.5) is 0 Å². The first-order valence-corrected chi connectivity index (χ1v) is 4.80. The Kier molecular flexibility index (Phi) is 2.37. The summed E-state index contributed by atoms with van der Waals surface area (Å²) in [5.41, 5.74) is 4.15. The van der Waals surface area contributed by atoms with Gasteiger partial charge in [0.25, 0.3) is 5.56 Å². The molecule has 0 unspecified atom stereocenters. The van der Waals surface area contributed by atoms with Crippen molar-refractivity contribution < 1.29 is 0 Å². The monoisotopic (exact) mass is 200 g/mol. The fraction of sp³-hybridized carbons (Fsp3) is 0.167. The first kappa shape index (κ1) is 9.65. The summed E-state index contributed by atoms with van der Waals surface area (Å²) in [4.78, 5) is 11.1. The van der Waals surface area contributed by atoms with Gasteiger partial charge in [0.1, 0.15) is 0 Å². The highest BCUT2D eigenvalue weighted by molar-refractivity contribution is 5.67. The number of aromatic nitrogens is 2. The van der Waals surface area contributed by atoms with Gasteiger partial charge in [-0.2, -0.15) is 5.10 Å². The average Bonchev–Trinajstić information content (AvgIpc) is 2.22. The van der Waals surface area contributed by atoms with E-state index in [9.17, 15) is 4.79 Å². The average molecular weight is 200 g/mol. The van der Waals surface area contributed by atoms with Crippen molar-refractivity contribution in [3.63, 3.8) is 0 Å². The van der Waals surface area contributed by atoms with E-state index in [1.807, 2.05) is 19.1 Å². The lowest BCUT2D eigenvalue weighted by atomic mass is 9.99. The number of H-pyrrole nitrogens is 1. The summed E-state index contributed by atoms with van der Waals surface area (Å²) in [7, 11) is 0. The van der Waals surface area contributed by atoms with Crippen LogP contribution >= 0.6 is 0 Å². The number of rotatable bonds is 1. The third kappa shape index (κ3) is 1.81. The minimum atomic E-state index is -0.173. The van der Waals surface area contributed by atoms with E-state index >= 15 is 0 Å². The number of hydrogen-bond acceptors (Lipinski definition) is 2. The normalized spacial score (nSPS) is 10.3. The van der Waals surface area contributed by atoms with Crippen molar-refractivity contribution in [1.29, 1.82) is 0 Å². The fourth-order valence-corrected chi connectivity index (χ4v) is 1.59. The van der Waals surface area contributed by atoms with Crippen LogP contribution in [0.5, 0.6) is 0 Å². The predicted molar refractivity (Wildman–Crippen MR) is 59.8 cm³/mol. The Balaban J connectivity index is 2.64. The lowest BCUT2D eigenvalue weighted by Crippen LogP contribution is -2.05. The van der Waals surface area contributed by atoms with Crippen LogP contribution in [-0.2, 0) is 0 Å². The second-order valence-corrected chi connectivity index (χ2v) is 3.58. The largest absolute Gasteiger partial charge is 0.268 e. The maximum absolute atomic E-state index is 11.1. The standard InChI is InChI=1S/C12H12N2O/c1-8-4-3-5-11(9(8)2)10-6-12(15)14-13-7-10/h3-7H,1-2H3,(H,14,15). The molecule has 0 spiro atoms. The summed E-state index contributed by atoms with van der Waals surface area (Å²) in [6.07, 6.45) is 1.67. The van der Waals surface area contributed by atoms with E-state index in [-0.39, 0.29) is 5.56 Å². The SMILES string of the molecule is Cc1cccc(-c2cn[nH]c(=O)c2)c1C. The van der Waals surface area contributed by atoms with E-state index in [4.69, 9.17) is 0 Å². The van der Waals surface area contributed by atoms with Gasteiger partial charge in [-0.1, -0.05) is 18.2 Å². The molecule has 2 rings (SSSR count). The second kappa shape index (κ2) is 3.69. The highest BCUT2D eigenvalue weighted by Crippen LogP contribution is 2.23. The van der Waals surface area contributed by atoms with Crippen LogP contribution < -0.4 is 5.56 Å². The van der Waals surface area contributed by atoms with Crippen molar-refractivity contribution in [1.82, 2.24) is 10.2 Å². The third-order valence-corrected chi connectivity index (χ3v) is 2.58. The first-order valence-electron chi connectivity index (χ1n) is 4.80. The van der Waals surface area contributed by atoms with Crippen LogP contribution in [0, 0.1) is 13.8 Å². The number of hydrogen-bond donors (Lipinski definition) is 1. The Hall–Kier alpha value is -1.90. The molecule has 0 aliphatic rings. The van der Waals surface area contributed by atoms with Crippen LogP contribution in [0.2, 0.25) is 0 Å². The molecule has 1 heterocycles. The van der Waals surface area contributed by atoms with Gasteiger partial charge in [-0.3, -0.25) is 4.79 Å². The smallest absolute Gasteiger partial charge is 0.264 e. The first-order chi connectivity index (χ1) is 7.18. The minimum absolute atomic E-state index is 0.173. The van der Waals surface area contributed by atoms with Crippen molar-refractivity contribution in [3.8, 4) is 11.1 Å². The summed E-state index contributed by atoms with van der Waals surface area (Å²) >= 11 is 0.